The van der Waals surface area contributed by atoms with Crippen molar-refractivity contribution >= 4 is 23.2 Å². The summed E-state index contributed by atoms with van der Waals surface area (Å²) in [6, 6.07) is 7.94. The van der Waals surface area contributed by atoms with Crippen LogP contribution in [0.4, 0.5) is 5.69 Å². The first-order chi connectivity index (χ1) is 10.1. The van der Waals surface area contributed by atoms with E-state index in [1.807, 2.05) is 24.3 Å². The highest BCUT2D eigenvalue weighted by atomic mass is 16.2. The maximum atomic E-state index is 12.5. The Morgan fingerprint density at radius 3 is 2.86 bits per heavy atom. The minimum absolute atomic E-state index is 0.147. The van der Waals surface area contributed by atoms with Crippen molar-refractivity contribution in [3.8, 4) is 0 Å². The molecule has 1 aromatic rings. The third-order valence-electron chi connectivity index (χ3n) is 4.87. The lowest BCUT2D eigenvalue weighted by atomic mass is 9.75. The van der Waals surface area contributed by atoms with Crippen LogP contribution < -0.4 is 5.43 Å². The molecule has 0 aromatic heterocycles. The first kappa shape index (κ1) is 12.6. The number of para-hydroxylation sites is 1. The first-order valence-electron chi connectivity index (χ1n) is 7.47. The van der Waals surface area contributed by atoms with E-state index in [-0.39, 0.29) is 11.8 Å². The number of amides is 2. The molecule has 0 radical (unpaired) electrons. The number of hydrogen-bond acceptors (Lipinski definition) is 3. The Labute approximate surface area is 123 Å². The van der Waals surface area contributed by atoms with Crippen molar-refractivity contribution in [1.29, 1.82) is 0 Å². The van der Waals surface area contributed by atoms with E-state index in [1.54, 1.807) is 11.9 Å². The van der Waals surface area contributed by atoms with Gasteiger partial charge in [-0.3, -0.25) is 20.0 Å². The molecule has 2 unspecified atom stereocenters. The van der Waals surface area contributed by atoms with E-state index in [4.69, 9.17) is 4.99 Å². The summed E-state index contributed by atoms with van der Waals surface area (Å²) in [6.45, 7) is 1.66. The standard InChI is InChI=1S/C16H17N3O2/c1-10-14(20)18-19(15(10)21)16-9-5-4-8-13(16)17-12-7-3-2-6-11(12)16/h2-3,6-7,10H,4-5,8-9H2,1H3,(H,18,20). The maximum absolute atomic E-state index is 12.5. The van der Waals surface area contributed by atoms with Gasteiger partial charge in [-0.15, -0.1) is 0 Å². The van der Waals surface area contributed by atoms with Crippen molar-refractivity contribution in [2.24, 2.45) is 10.9 Å². The molecule has 21 heavy (non-hydrogen) atoms. The zero-order chi connectivity index (χ0) is 14.6. The van der Waals surface area contributed by atoms with E-state index in [0.29, 0.717) is 0 Å². The molecule has 5 nitrogen and oxygen atoms in total. The summed E-state index contributed by atoms with van der Waals surface area (Å²) in [5.74, 6) is -0.981. The summed E-state index contributed by atoms with van der Waals surface area (Å²) in [7, 11) is 0. The van der Waals surface area contributed by atoms with Gasteiger partial charge in [0.05, 0.1) is 11.4 Å². The third-order valence-corrected chi connectivity index (χ3v) is 4.87. The van der Waals surface area contributed by atoms with Crippen LogP contribution in [0.25, 0.3) is 0 Å². The van der Waals surface area contributed by atoms with Gasteiger partial charge in [-0.2, -0.15) is 0 Å². The van der Waals surface area contributed by atoms with Gasteiger partial charge < -0.3 is 0 Å². The van der Waals surface area contributed by atoms with E-state index in [1.165, 1.54) is 0 Å². The Hall–Kier alpha value is -2.17. The Bertz CT molecular complexity index is 682. The van der Waals surface area contributed by atoms with Crippen molar-refractivity contribution in [3.63, 3.8) is 0 Å². The minimum Gasteiger partial charge on any atom is -0.272 e. The zero-order valence-electron chi connectivity index (χ0n) is 11.9. The molecule has 1 N–H and O–H groups in total. The van der Waals surface area contributed by atoms with Gasteiger partial charge in [0.25, 0.3) is 11.8 Å². The predicted molar refractivity (Wildman–Crippen MR) is 77.8 cm³/mol. The number of fused-ring (bicyclic) bond motifs is 3. The van der Waals surface area contributed by atoms with Gasteiger partial charge >= 0.3 is 0 Å². The molecular formula is C16H17N3O2. The highest BCUT2D eigenvalue weighted by Crippen LogP contribution is 2.49. The van der Waals surface area contributed by atoms with E-state index in [0.717, 1.165) is 42.6 Å². The lowest BCUT2D eigenvalue weighted by molar-refractivity contribution is -0.137. The Morgan fingerprint density at radius 2 is 2.10 bits per heavy atom. The molecule has 1 aromatic carbocycles. The fourth-order valence-electron chi connectivity index (χ4n) is 3.74. The quantitative estimate of drug-likeness (QED) is 0.802. The summed E-state index contributed by atoms with van der Waals surface area (Å²) in [6.07, 6.45) is 3.81. The van der Waals surface area contributed by atoms with E-state index < -0.39 is 11.5 Å². The molecule has 2 aliphatic heterocycles. The monoisotopic (exact) mass is 283 g/mol. The highest BCUT2D eigenvalue weighted by Gasteiger charge is 2.55. The van der Waals surface area contributed by atoms with Gasteiger partial charge in [-0.05, 0) is 38.7 Å². The van der Waals surface area contributed by atoms with Gasteiger partial charge in [0.1, 0.15) is 11.5 Å². The third kappa shape index (κ3) is 1.49. The Morgan fingerprint density at radius 1 is 1.29 bits per heavy atom. The van der Waals surface area contributed by atoms with Gasteiger partial charge in [-0.1, -0.05) is 18.2 Å². The van der Waals surface area contributed by atoms with Crippen molar-refractivity contribution in [2.45, 2.75) is 38.1 Å². The van der Waals surface area contributed by atoms with Crippen LogP contribution in [0.15, 0.2) is 29.3 Å². The number of hydrogen-bond donors (Lipinski definition) is 1. The van der Waals surface area contributed by atoms with Crippen molar-refractivity contribution in [3.05, 3.63) is 29.8 Å². The summed E-state index contributed by atoms with van der Waals surface area (Å²) < 4.78 is 0. The number of benzene rings is 1. The number of nitrogens with zero attached hydrogens (tertiary/aromatic N) is 2. The lowest BCUT2D eigenvalue weighted by Gasteiger charge is -2.42. The van der Waals surface area contributed by atoms with Crippen LogP contribution >= 0.6 is 0 Å². The average molecular weight is 283 g/mol. The summed E-state index contributed by atoms with van der Waals surface area (Å²) >= 11 is 0. The van der Waals surface area contributed by atoms with E-state index in [2.05, 4.69) is 5.43 Å². The fraction of sp³-hybridized carbons (Fsp3) is 0.438. The second-order valence-corrected chi connectivity index (χ2v) is 6.01. The molecular weight excluding hydrogens is 266 g/mol. The van der Waals surface area contributed by atoms with Gasteiger partial charge in [0.2, 0.25) is 0 Å². The normalized spacial score (nSPS) is 30.8. The van der Waals surface area contributed by atoms with Crippen LogP contribution in [0.1, 0.15) is 38.2 Å². The zero-order valence-corrected chi connectivity index (χ0v) is 11.9. The molecule has 2 fully saturated rings. The topological polar surface area (TPSA) is 61.8 Å². The lowest BCUT2D eigenvalue weighted by Crippen LogP contribution is -2.57. The van der Waals surface area contributed by atoms with Crippen LogP contribution in [0.5, 0.6) is 0 Å². The van der Waals surface area contributed by atoms with E-state index >= 15 is 0 Å². The molecule has 1 saturated carbocycles. The average Bonchev–Trinajstić information content (AvgIpc) is 2.98. The molecule has 0 spiro atoms. The van der Waals surface area contributed by atoms with Crippen molar-refractivity contribution < 1.29 is 9.59 Å². The maximum Gasteiger partial charge on any atom is 0.254 e. The molecule has 108 valence electrons. The fourth-order valence-corrected chi connectivity index (χ4v) is 3.74. The highest BCUT2D eigenvalue weighted by molar-refractivity contribution is 6.10. The summed E-state index contributed by atoms with van der Waals surface area (Å²) in [4.78, 5) is 29.2. The Balaban J connectivity index is 1.89. The second-order valence-electron chi connectivity index (χ2n) is 6.01. The number of aliphatic imine (C=N–C) groups is 1. The molecule has 3 aliphatic rings. The Kier molecular flexibility index (Phi) is 2.49. The largest absolute Gasteiger partial charge is 0.272 e. The smallest absolute Gasteiger partial charge is 0.254 e. The molecule has 1 aliphatic carbocycles. The van der Waals surface area contributed by atoms with Gasteiger partial charge in [0, 0.05) is 5.56 Å². The predicted octanol–water partition coefficient (Wildman–Crippen LogP) is 2.05. The summed E-state index contributed by atoms with van der Waals surface area (Å²) in [5.41, 5.74) is 5.21. The molecule has 0 bridgehead atoms. The van der Waals surface area contributed by atoms with Crippen LogP contribution in [0.2, 0.25) is 0 Å². The molecule has 2 atom stereocenters. The van der Waals surface area contributed by atoms with Crippen molar-refractivity contribution in [1.82, 2.24) is 10.4 Å². The van der Waals surface area contributed by atoms with Gasteiger partial charge in [-0.25, -0.2) is 5.01 Å². The SMILES string of the molecule is CC1C(=O)NN(C23CCCCC2=Nc2ccccc23)C1=O. The molecule has 2 amide bonds. The molecule has 4 rings (SSSR count). The molecule has 2 heterocycles. The summed E-state index contributed by atoms with van der Waals surface area (Å²) in [5, 5.41) is 1.56. The van der Waals surface area contributed by atoms with Crippen LogP contribution in [-0.4, -0.2) is 22.5 Å². The van der Waals surface area contributed by atoms with E-state index in [9.17, 15) is 9.59 Å². The number of hydrazine groups is 1. The first-order valence-corrected chi connectivity index (χ1v) is 7.47. The molecule has 5 heteroatoms. The van der Waals surface area contributed by atoms with Crippen LogP contribution in [0.3, 0.4) is 0 Å². The van der Waals surface area contributed by atoms with Gasteiger partial charge in [0.15, 0.2) is 0 Å². The number of nitrogens with one attached hydrogen (secondary N) is 1. The minimum atomic E-state index is -0.615. The van der Waals surface area contributed by atoms with Crippen molar-refractivity contribution in [2.75, 3.05) is 0 Å². The second kappa shape index (κ2) is 4.16. The number of carbonyl (C=O) groups is 2. The number of rotatable bonds is 1. The van der Waals surface area contributed by atoms with Crippen LogP contribution in [0, 0.1) is 5.92 Å². The number of carbonyl (C=O) groups excluding carboxylic acids is 2. The van der Waals surface area contributed by atoms with Crippen LogP contribution in [-0.2, 0) is 15.1 Å². The molecule has 1 saturated heterocycles.